The molecule has 2 aliphatic rings. The molecule has 43 heavy (non-hydrogen) atoms. The third kappa shape index (κ3) is 5.95. The Kier molecular flexibility index (Phi) is 9.16. The molecule has 8 nitrogen and oxygen atoms in total. The molecule has 0 aliphatic carbocycles. The number of aromatic nitrogens is 4. The number of aryl methyl sites for hydroxylation is 3. The molecule has 5 heterocycles. The summed E-state index contributed by atoms with van der Waals surface area (Å²) < 4.78 is 0. The molecular weight excluding hydrogens is 629 g/mol. The molecule has 2 N–H and O–H groups in total. The summed E-state index contributed by atoms with van der Waals surface area (Å²) in [6, 6.07) is 7.62. The summed E-state index contributed by atoms with van der Waals surface area (Å²) in [5, 5.41) is 18.9. The van der Waals surface area contributed by atoms with Gasteiger partial charge in [0.05, 0.1) is 22.8 Å². The summed E-state index contributed by atoms with van der Waals surface area (Å²) in [4.78, 5) is 42.7. The fraction of sp³-hybridized carbons (Fsp3) is 0.235. The maximum absolute atomic E-state index is 11.5. The van der Waals surface area contributed by atoms with E-state index in [1.165, 1.54) is 0 Å². The van der Waals surface area contributed by atoms with Crippen LogP contribution in [0, 0.1) is 13.8 Å². The van der Waals surface area contributed by atoms with Crippen LogP contribution >= 0.6 is 0 Å². The van der Waals surface area contributed by atoms with Crippen molar-refractivity contribution in [3.63, 3.8) is 0 Å². The second kappa shape index (κ2) is 12.5. The Morgan fingerprint density at radius 3 is 1.91 bits per heavy atom. The van der Waals surface area contributed by atoms with Crippen molar-refractivity contribution in [2.24, 2.45) is 0 Å². The third-order valence-corrected chi connectivity index (χ3v) is 8.06. The summed E-state index contributed by atoms with van der Waals surface area (Å²) in [6.45, 7) is 15.9. The van der Waals surface area contributed by atoms with Gasteiger partial charge >= 0.3 is 31.4 Å². The quantitative estimate of drug-likeness (QED) is 0.254. The zero-order valence-electron chi connectivity index (χ0n) is 24.6. The minimum atomic E-state index is -0.898. The number of fused-ring (bicyclic) bond motifs is 8. The average molecular weight is 662 g/mol. The molecule has 220 valence electrons. The van der Waals surface area contributed by atoms with Crippen LogP contribution in [0.25, 0.3) is 50.4 Å². The topological polar surface area (TPSA) is 129 Å². The SMILES string of the molecule is C=CC1=C(C)c2cc3[n-]c(cc4nc(cc5[n-]c(cc1n2)c(C)c5C=C)C(C)=C4CCC(=O)O)c(CCC(=O)O)c3C.[Ru+2]. The molecule has 3 aromatic rings. The first-order valence-electron chi connectivity index (χ1n) is 13.8. The van der Waals surface area contributed by atoms with Gasteiger partial charge in [-0.3, -0.25) is 9.59 Å². The van der Waals surface area contributed by atoms with E-state index in [0.717, 1.165) is 61.5 Å². The maximum atomic E-state index is 11.5. The maximum Gasteiger partial charge on any atom is 2.00 e. The Labute approximate surface area is 262 Å². The number of hydrogen-bond acceptors (Lipinski definition) is 4. The van der Waals surface area contributed by atoms with Crippen LogP contribution in [-0.2, 0) is 35.5 Å². The molecular formula is C34H32N4O4Ru. The van der Waals surface area contributed by atoms with Gasteiger partial charge in [-0.25, -0.2) is 9.97 Å². The van der Waals surface area contributed by atoms with Gasteiger partial charge in [-0.1, -0.05) is 66.3 Å². The van der Waals surface area contributed by atoms with Gasteiger partial charge < -0.3 is 20.2 Å². The first kappa shape index (κ1) is 31.6. The average Bonchev–Trinajstić information content (AvgIpc) is 3.59. The van der Waals surface area contributed by atoms with Crippen molar-refractivity contribution in [2.75, 3.05) is 0 Å². The Morgan fingerprint density at radius 1 is 0.721 bits per heavy atom. The Bertz CT molecular complexity index is 1920. The molecule has 3 aromatic heterocycles. The van der Waals surface area contributed by atoms with Crippen molar-refractivity contribution in [1.29, 1.82) is 0 Å². The number of carbonyl (C=O) groups is 2. The molecule has 0 saturated carbocycles. The molecule has 0 spiro atoms. The molecule has 0 atom stereocenters. The summed E-state index contributed by atoms with van der Waals surface area (Å²) in [7, 11) is 0. The summed E-state index contributed by atoms with van der Waals surface area (Å²) in [6.07, 6.45) is 4.06. The zero-order chi connectivity index (χ0) is 30.3. The van der Waals surface area contributed by atoms with Crippen LogP contribution in [-0.4, -0.2) is 32.1 Å². The molecule has 0 saturated heterocycles. The van der Waals surface area contributed by atoms with Gasteiger partial charge in [0.2, 0.25) is 0 Å². The van der Waals surface area contributed by atoms with Gasteiger partial charge in [0.25, 0.3) is 0 Å². The number of rotatable bonds is 8. The number of allylic oxidation sites excluding steroid dienone is 5. The van der Waals surface area contributed by atoms with Crippen LogP contribution in [0.1, 0.15) is 78.1 Å². The van der Waals surface area contributed by atoms with E-state index in [9.17, 15) is 19.8 Å². The van der Waals surface area contributed by atoms with E-state index in [1.807, 2.05) is 52.0 Å². The summed E-state index contributed by atoms with van der Waals surface area (Å²) in [5.41, 5.74) is 12.6. The standard InChI is InChI=1S/C34H34N4O4.Ru/c1-7-21-17(3)25-13-26-19(5)23(9-11-33(39)40)31(37-26)16-32-24(10-12-34(41)42)20(6)28(38-32)15-30-22(8-2)18(4)27(36-30)14-29(21)35-25;/h7-8,13-16H,1-2,9-12H2,3-6H3,(H4,35,36,37,38,39,40,41,42);/q;+2/p-2. The predicted molar refractivity (Wildman–Crippen MR) is 167 cm³/mol. The van der Waals surface area contributed by atoms with Gasteiger partial charge in [-0.05, 0) is 62.8 Å². The van der Waals surface area contributed by atoms with Crippen LogP contribution in [0.4, 0.5) is 0 Å². The van der Waals surface area contributed by atoms with E-state index in [-0.39, 0.29) is 32.3 Å². The first-order valence-corrected chi connectivity index (χ1v) is 13.8. The van der Waals surface area contributed by atoms with Gasteiger partial charge in [0, 0.05) is 18.4 Å². The number of nitrogens with zero attached hydrogens (tertiary/aromatic N) is 4. The van der Waals surface area contributed by atoms with Crippen molar-refractivity contribution in [1.82, 2.24) is 19.9 Å². The summed E-state index contributed by atoms with van der Waals surface area (Å²) in [5.74, 6) is -1.80. The molecule has 0 unspecified atom stereocenters. The van der Waals surface area contributed by atoms with Crippen LogP contribution < -0.4 is 9.97 Å². The monoisotopic (exact) mass is 662 g/mol. The molecule has 0 radical (unpaired) electrons. The van der Waals surface area contributed by atoms with Crippen LogP contribution in [0.2, 0.25) is 0 Å². The van der Waals surface area contributed by atoms with Crippen LogP contribution in [0.3, 0.4) is 0 Å². The fourth-order valence-electron chi connectivity index (χ4n) is 5.61. The normalized spacial score (nSPS) is 12.7. The van der Waals surface area contributed by atoms with Gasteiger partial charge in [-0.2, -0.15) is 0 Å². The zero-order valence-corrected chi connectivity index (χ0v) is 26.3. The summed E-state index contributed by atoms with van der Waals surface area (Å²) >= 11 is 0. The van der Waals surface area contributed by atoms with E-state index >= 15 is 0 Å². The van der Waals surface area contributed by atoms with Crippen molar-refractivity contribution in [3.05, 3.63) is 88.5 Å². The largest absolute Gasteiger partial charge is 2.00 e. The predicted octanol–water partition coefficient (Wildman–Crippen LogP) is 6.76. The van der Waals surface area contributed by atoms with E-state index in [0.29, 0.717) is 40.8 Å². The molecule has 0 aromatic carbocycles. The van der Waals surface area contributed by atoms with Crippen molar-refractivity contribution in [3.8, 4) is 0 Å². The van der Waals surface area contributed by atoms with Gasteiger partial charge in [0.1, 0.15) is 0 Å². The second-order valence-electron chi connectivity index (χ2n) is 10.6. The molecule has 9 heteroatoms. The minimum absolute atomic E-state index is 0. The molecule has 8 bridgehead atoms. The van der Waals surface area contributed by atoms with Crippen molar-refractivity contribution in [2.45, 2.75) is 53.4 Å². The van der Waals surface area contributed by atoms with E-state index in [4.69, 9.17) is 19.9 Å². The molecule has 2 aliphatic heterocycles. The van der Waals surface area contributed by atoms with Crippen LogP contribution in [0.5, 0.6) is 0 Å². The van der Waals surface area contributed by atoms with Gasteiger partial charge in [-0.15, -0.1) is 22.1 Å². The minimum Gasteiger partial charge on any atom is -0.657 e. The Hall–Kier alpha value is -4.36. The van der Waals surface area contributed by atoms with Gasteiger partial charge in [0.15, 0.2) is 0 Å². The van der Waals surface area contributed by atoms with E-state index in [1.54, 1.807) is 12.2 Å². The first-order chi connectivity index (χ1) is 20.0. The number of carboxylic acids is 2. The Morgan fingerprint density at radius 2 is 1.26 bits per heavy atom. The second-order valence-corrected chi connectivity index (χ2v) is 10.6. The van der Waals surface area contributed by atoms with Crippen LogP contribution in [0.15, 0.2) is 43.5 Å². The van der Waals surface area contributed by atoms with Crippen molar-refractivity contribution >= 4 is 62.4 Å². The number of aliphatic carboxylic acids is 2. The Balaban J connectivity index is 0.00000423. The smallest absolute Gasteiger partial charge is 0.657 e. The number of carboxylic acid groups (broad SMARTS) is 2. The fourth-order valence-corrected chi connectivity index (χ4v) is 5.61. The number of hydrogen-bond donors (Lipinski definition) is 2. The van der Waals surface area contributed by atoms with E-state index < -0.39 is 11.9 Å². The molecule has 0 amide bonds. The molecule has 0 fully saturated rings. The molecule has 5 rings (SSSR count). The van der Waals surface area contributed by atoms with Crippen molar-refractivity contribution < 1.29 is 39.3 Å². The third-order valence-electron chi connectivity index (χ3n) is 8.06. The van der Waals surface area contributed by atoms with E-state index in [2.05, 4.69) is 13.2 Å².